The summed E-state index contributed by atoms with van der Waals surface area (Å²) >= 11 is 1.46. The van der Waals surface area contributed by atoms with E-state index in [0.717, 1.165) is 5.01 Å². The molecule has 0 amide bonds. The van der Waals surface area contributed by atoms with E-state index < -0.39 is 5.97 Å². The molecule has 0 aliphatic heterocycles. The molecule has 0 N–H and O–H groups in total. The van der Waals surface area contributed by atoms with Gasteiger partial charge in [0.15, 0.2) is 11.9 Å². The summed E-state index contributed by atoms with van der Waals surface area (Å²) in [5.74, 6) is 0.245. The monoisotopic (exact) mass is 314 g/mol. The van der Waals surface area contributed by atoms with Gasteiger partial charge in [0, 0.05) is 17.8 Å². The quantitative estimate of drug-likeness (QED) is 0.692. The van der Waals surface area contributed by atoms with Gasteiger partial charge in [-0.25, -0.2) is 19.4 Å². The van der Waals surface area contributed by atoms with Crippen LogP contribution in [0.3, 0.4) is 0 Å². The third-order valence-corrected chi connectivity index (χ3v) is 4.12. The number of esters is 1. The van der Waals surface area contributed by atoms with E-state index in [0.29, 0.717) is 17.1 Å². The number of carbonyl (C=O) groups excluding carboxylic acids is 1. The van der Waals surface area contributed by atoms with E-state index in [1.165, 1.54) is 17.5 Å². The average molecular weight is 314 g/mol. The lowest BCUT2D eigenvalue weighted by molar-refractivity contribution is 0.0336. The molecular formula is C15H14N4O2S. The summed E-state index contributed by atoms with van der Waals surface area (Å²) in [6.07, 6.45) is 4.49. The molecule has 0 aliphatic carbocycles. The molecule has 112 valence electrons. The van der Waals surface area contributed by atoms with Crippen molar-refractivity contribution < 1.29 is 9.53 Å². The summed E-state index contributed by atoms with van der Waals surface area (Å²) in [6.45, 7) is 3.61. The molecule has 0 bridgehead atoms. The van der Waals surface area contributed by atoms with Crippen molar-refractivity contribution in [2.75, 3.05) is 0 Å². The van der Waals surface area contributed by atoms with Crippen LogP contribution in [0.1, 0.15) is 34.1 Å². The van der Waals surface area contributed by atoms with Crippen LogP contribution in [0.25, 0.3) is 5.82 Å². The minimum absolute atomic E-state index is 0.384. The van der Waals surface area contributed by atoms with Crippen LogP contribution < -0.4 is 0 Å². The summed E-state index contributed by atoms with van der Waals surface area (Å²) < 4.78 is 7.06. The van der Waals surface area contributed by atoms with Gasteiger partial charge in [-0.2, -0.15) is 5.10 Å². The van der Waals surface area contributed by atoms with Gasteiger partial charge >= 0.3 is 5.97 Å². The highest BCUT2D eigenvalue weighted by molar-refractivity contribution is 7.09. The summed E-state index contributed by atoms with van der Waals surface area (Å²) in [6, 6.07) is 5.52. The maximum atomic E-state index is 12.3. The zero-order valence-electron chi connectivity index (χ0n) is 12.1. The number of carbonyl (C=O) groups is 1. The van der Waals surface area contributed by atoms with Crippen molar-refractivity contribution in [1.82, 2.24) is 19.7 Å². The molecule has 0 saturated heterocycles. The minimum Gasteiger partial charge on any atom is -0.452 e. The lowest BCUT2D eigenvalue weighted by Gasteiger charge is -2.10. The van der Waals surface area contributed by atoms with Gasteiger partial charge in [0.25, 0.3) is 0 Å². The molecule has 1 atom stereocenters. The molecule has 3 aromatic rings. The normalized spacial score (nSPS) is 12.1. The van der Waals surface area contributed by atoms with Crippen molar-refractivity contribution in [2.24, 2.45) is 0 Å². The molecule has 0 saturated carbocycles. The highest BCUT2D eigenvalue weighted by atomic mass is 32.1. The molecule has 22 heavy (non-hydrogen) atoms. The Bertz CT molecular complexity index is 768. The van der Waals surface area contributed by atoms with E-state index in [9.17, 15) is 4.79 Å². The summed E-state index contributed by atoms with van der Waals surface area (Å²) in [5.41, 5.74) is 1.11. The molecule has 3 aromatic heterocycles. The average Bonchev–Trinajstić information content (AvgIpc) is 3.17. The van der Waals surface area contributed by atoms with Gasteiger partial charge in [-0.3, -0.25) is 0 Å². The smallest absolute Gasteiger partial charge is 0.342 e. The van der Waals surface area contributed by atoms with Crippen LogP contribution in [0, 0.1) is 6.92 Å². The summed E-state index contributed by atoms with van der Waals surface area (Å²) in [5, 5.41) is 6.84. The SMILES string of the molecule is Cc1c(C(=O)OC(C)c2nccs2)cnn1-c1ccccn1. The highest BCUT2D eigenvalue weighted by Crippen LogP contribution is 2.21. The fourth-order valence-corrected chi connectivity index (χ4v) is 2.65. The predicted octanol–water partition coefficient (Wildman–Crippen LogP) is 2.95. The molecule has 0 aromatic carbocycles. The van der Waals surface area contributed by atoms with Crippen LogP contribution in [0.4, 0.5) is 0 Å². The summed E-state index contributed by atoms with van der Waals surface area (Å²) in [7, 11) is 0. The molecule has 0 radical (unpaired) electrons. The molecule has 3 heterocycles. The van der Waals surface area contributed by atoms with Gasteiger partial charge in [0.2, 0.25) is 0 Å². The van der Waals surface area contributed by atoms with E-state index in [2.05, 4.69) is 15.1 Å². The second-order valence-electron chi connectivity index (χ2n) is 4.66. The van der Waals surface area contributed by atoms with Gasteiger partial charge in [0.05, 0.1) is 11.9 Å². The van der Waals surface area contributed by atoms with Crippen molar-refractivity contribution in [3.63, 3.8) is 0 Å². The van der Waals surface area contributed by atoms with E-state index in [1.54, 1.807) is 24.0 Å². The predicted molar refractivity (Wildman–Crippen MR) is 82.0 cm³/mol. The van der Waals surface area contributed by atoms with Crippen molar-refractivity contribution >= 4 is 17.3 Å². The number of nitrogens with zero attached hydrogens (tertiary/aromatic N) is 4. The van der Waals surface area contributed by atoms with Crippen molar-refractivity contribution in [3.05, 3.63) is 58.4 Å². The number of rotatable bonds is 4. The second-order valence-corrected chi connectivity index (χ2v) is 5.59. The number of pyridine rings is 1. The number of thiazole rings is 1. The van der Waals surface area contributed by atoms with E-state index in [1.807, 2.05) is 30.5 Å². The van der Waals surface area contributed by atoms with Gasteiger partial charge in [-0.15, -0.1) is 11.3 Å². The van der Waals surface area contributed by atoms with Crippen LogP contribution >= 0.6 is 11.3 Å². The Morgan fingerprint density at radius 2 is 2.18 bits per heavy atom. The molecule has 0 spiro atoms. The zero-order valence-corrected chi connectivity index (χ0v) is 12.9. The number of aromatic nitrogens is 4. The lowest BCUT2D eigenvalue weighted by atomic mass is 10.2. The van der Waals surface area contributed by atoms with Crippen molar-refractivity contribution in [1.29, 1.82) is 0 Å². The molecule has 0 aliphatic rings. The Balaban J connectivity index is 1.81. The van der Waals surface area contributed by atoms with Crippen LogP contribution in [0.5, 0.6) is 0 Å². The largest absolute Gasteiger partial charge is 0.452 e. The van der Waals surface area contributed by atoms with Crippen LogP contribution in [0.2, 0.25) is 0 Å². The Morgan fingerprint density at radius 3 is 2.86 bits per heavy atom. The maximum absolute atomic E-state index is 12.3. The lowest BCUT2D eigenvalue weighted by Crippen LogP contribution is -2.10. The Hall–Kier alpha value is -2.54. The van der Waals surface area contributed by atoms with Crippen molar-refractivity contribution in [3.8, 4) is 5.82 Å². The second kappa shape index (κ2) is 6.07. The standard InChI is InChI=1S/C15H14N4O2S/c1-10-12(9-18-19(10)13-5-3-4-6-16-13)15(20)21-11(2)14-17-7-8-22-14/h3-9,11H,1-2H3. The Kier molecular flexibility index (Phi) is 3.97. The molecular weight excluding hydrogens is 300 g/mol. The van der Waals surface area contributed by atoms with Gasteiger partial charge in [-0.1, -0.05) is 6.07 Å². The third-order valence-electron chi connectivity index (χ3n) is 3.18. The first-order valence-corrected chi connectivity index (χ1v) is 7.61. The Labute approximate surface area is 131 Å². The molecule has 0 fully saturated rings. The fraction of sp³-hybridized carbons (Fsp3) is 0.200. The van der Waals surface area contributed by atoms with E-state index in [4.69, 9.17) is 4.74 Å². The fourth-order valence-electron chi connectivity index (χ4n) is 2.03. The molecule has 6 nitrogen and oxygen atoms in total. The van der Waals surface area contributed by atoms with Gasteiger partial charge in [-0.05, 0) is 26.0 Å². The topological polar surface area (TPSA) is 69.9 Å². The highest BCUT2D eigenvalue weighted by Gasteiger charge is 2.20. The minimum atomic E-state index is -0.414. The number of hydrogen-bond donors (Lipinski definition) is 0. The maximum Gasteiger partial charge on any atom is 0.342 e. The number of ether oxygens (including phenoxy) is 1. The third kappa shape index (κ3) is 2.75. The van der Waals surface area contributed by atoms with Crippen molar-refractivity contribution in [2.45, 2.75) is 20.0 Å². The van der Waals surface area contributed by atoms with Gasteiger partial charge < -0.3 is 4.74 Å². The molecule has 1 unspecified atom stereocenters. The van der Waals surface area contributed by atoms with E-state index in [-0.39, 0.29) is 6.10 Å². The zero-order chi connectivity index (χ0) is 15.5. The van der Waals surface area contributed by atoms with Crippen LogP contribution in [-0.2, 0) is 4.74 Å². The first-order chi connectivity index (χ1) is 10.7. The Morgan fingerprint density at radius 1 is 1.32 bits per heavy atom. The van der Waals surface area contributed by atoms with Crippen LogP contribution in [0.15, 0.2) is 42.2 Å². The number of hydrogen-bond acceptors (Lipinski definition) is 6. The first kappa shape index (κ1) is 14.4. The summed E-state index contributed by atoms with van der Waals surface area (Å²) in [4.78, 5) is 20.7. The first-order valence-electron chi connectivity index (χ1n) is 6.73. The van der Waals surface area contributed by atoms with Crippen LogP contribution in [-0.4, -0.2) is 25.7 Å². The molecule has 7 heteroatoms. The van der Waals surface area contributed by atoms with E-state index >= 15 is 0 Å². The van der Waals surface area contributed by atoms with Gasteiger partial charge in [0.1, 0.15) is 10.6 Å². The molecule has 3 rings (SSSR count).